The smallest absolute Gasteiger partial charge is 0.419 e. The van der Waals surface area contributed by atoms with Crippen LogP contribution in [0.1, 0.15) is 73.3 Å². The van der Waals surface area contributed by atoms with Crippen LogP contribution in [-0.4, -0.2) is 91.6 Å². The Labute approximate surface area is 266 Å². The monoisotopic (exact) mass is 648 g/mol. The van der Waals surface area contributed by atoms with E-state index in [2.05, 4.69) is 5.10 Å². The van der Waals surface area contributed by atoms with Crippen LogP contribution in [0.3, 0.4) is 0 Å². The van der Waals surface area contributed by atoms with Gasteiger partial charge in [-0.15, -0.1) is 0 Å². The Hall–Kier alpha value is -3.21. The zero-order valence-electron chi connectivity index (χ0n) is 27.9. The second-order valence-electron chi connectivity index (χ2n) is 13.4. The lowest BCUT2D eigenvalue weighted by atomic mass is 9.98. The first-order valence-electron chi connectivity index (χ1n) is 15.4. The summed E-state index contributed by atoms with van der Waals surface area (Å²) in [5, 5.41) is 13.3. The fraction of sp³-hybridized carbons (Fsp3) is 0.625. The number of aryl methyl sites for hydroxylation is 1. The number of amides is 2. The molecule has 250 valence electrons. The maximum atomic E-state index is 14.3. The number of ether oxygens (including phenoxy) is 2. The van der Waals surface area contributed by atoms with Crippen LogP contribution in [0.4, 0.5) is 9.59 Å². The summed E-state index contributed by atoms with van der Waals surface area (Å²) in [6.07, 6.45) is 0.696. The Morgan fingerprint density at radius 3 is 2.18 bits per heavy atom. The minimum Gasteiger partial charge on any atom is -0.480 e. The summed E-state index contributed by atoms with van der Waals surface area (Å²) < 4.78 is 32.7. The van der Waals surface area contributed by atoms with Crippen molar-refractivity contribution >= 4 is 25.5 Å². The zero-order chi connectivity index (χ0) is 33.6. The van der Waals surface area contributed by atoms with Crippen molar-refractivity contribution in [3.63, 3.8) is 0 Å². The first-order chi connectivity index (χ1) is 20.9. The van der Waals surface area contributed by atoms with Gasteiger partial charge in [0.1, 0.15) is 11.2 Å². The lowest BCUT2D eigenvalue weighted by molar-refractivity contribution is -0.141. The van der Waals surface area contributed by atoms with Crippen LogP contribution in [-0.2, 0) is 36.9 Å². The van der Waals surface area contributed by atoms with Crippen molar-refractivity contribution in [1.29, 1.82) is 0 Å². The highest BCUT2D eigenvalue weighted by atomic mass is 31.2. The summed E-state index contributed by atoms with van der Waals surface area (Å²) in [5.41, 5.74) is 1.25. The molecule has 1 fully saturated rings. The number of rotatable bonds is 11. The lowest BCUT2D eigenvalue weighted by Gasteiger charge is -2.45. The summed E-state index contributed by atoms with van der Waals surface area (Å²) in [4.78, 5) is 41.8. The maximum absolute atomic E-state index is 14.3. The van der Waals surface area contributed by atoms with Crippen molar-refractivity contribution in [1.82, 2.24) is 19.6 Å². The van der Waals surface area contributed by atoms with Crippen LogP contribution >= 0.6 is 7.37 Å². The van der Waals surface area contributed by atoms with Gasteiger partial charge in [-0.25, -0.2) is 14.5 Å². The number of hydrogen-bond donors (Lipinski definition) is 1. The van der Waals surface area contributed by atoms with Gasteiger partial charge in [0.2, 0.25) is 7.37 Å². The van der Waals surface area contributed by atoms with E-state index >= 15 is 0 Å². The fourth-order valence-electron chi connectivity index (χ4n) is 5.51. The van der Waals surface area contributed by atoms with E-state index in [1.165, 1.54) is 0 Å². The van der Waals surface area contributed by atoms with Crippen LogP contribution in [0, 0.1) is 0 Å². The molecule has 12 nitrogen and oxygen atoms in total. The Kier molecular flexibility index (Phi) is 11.7. The molecule has 1 aliphatic rings. The molecule has 2 heterocycles. The third kappa shape index (κ3) is 9.17. The van der Waals surface area contributed by atoms with Gasteiger partial charge in [0.15, 0.2) is 5.16 Å². The van der Waals surface area contributed by atoms with E-state index in [1.807, 2.05) is 42.3 Å². The zero-order valence-corrected chi connectivity index (χ0v) is 28.8. The molecule has 0 radical (unpaired) electrons. The second-order valence-corrected chi connectivity index (χ2v) is 16.3. The van der Waals surface area contributed by atoms with E-state index in [0.29, 0.717) is 13.1 Å². The number of imide groups is 1. The number of benzene rings is 1. The molecule has 0 saturated carbocycles. The summed E-state index contributed by atoms with van der Waals surface area (Å²) in [6, 6.07) is 9.83. The number of nitrogens with zero attached hydrogens (tertiary/aromatic N) is 4. The average molecular weight is 649 g/mol. The highest BCUT2D eigenvalue weighted by Gasteiger charge is 2.58. The summed E-state index contributed by atoms with van der Waals surface area (Å²) in [7, 11) is -1.76. The predicted molar refractivity (Wildman–Crippen MR) is 171 cm³/mol. The molecule has 1 N–H and O–H groups in total. The molecule has 1 aromatic carbocycles. The van der Waals surface area contributed by atoms with Crippen molar-refractivity contribution in [3.8, 4) is 11.3 Å². The van der Waals surface area contributed by atoms with Crippen molar-refractivity contribution in [3.05, 3.63) is 42.1 Å². The van der Waals surface area contributed by atoms with Crippen LogP contribution in [0.5, 0.6) is 0 Å². The van der Waals surface area contributed by atoms with Crippen LogP contribution < -0.4 is 0 Å². The molecule has 2 atom stereocenters. The van der Waals surface area contributed by atoms with E-state index < -0.39 is 41.9 Å². The molecular formula is C32H49N4O8P. The number of carboxylic acids is 1. The number of hydrogen-bond acceptors (Lipinski definition) is 9. The molecule has 1 saturated heterocycles. The van der Waals surface area contributed by atoms with Crippen molar-refractivity contribution in [2.24, 2.45) is 7.05 Å². The average Bonchev–Trinajstić information content (AvgIpc) is 3.34. The fourth-order valence-corrected chi connectivity index (χ4v) is 8.48. The summed E-state index contributed by atoms with van der Waals surface area (Å²) >= 11 is 0. The molecule has 45 heavy (non-hydrogen) atoms. The van der Waals surface area contributed by atoms with Gasteiger partial charge in [0.05, 0.1) is 12.3 Å². The standard InChI is InChI=1S/C32H49N4O8P/c1-9-42-45(41)21-20-35(22-24-14-10-11-15-25(24)26-16-18-33-34(26)8)23-32(45,27(37)38)17-12-13-19-36(28(39)43-30(2,3)4)29(40)44-31(5,6)7/h10-11,14-16,18H,9,12-13,17,19-23H2,1-8H3,(H,37,38). The molecule has 0 spiro atoms. The van der Waals surface area contributed by atoms with Crippen molar-refractivity contribution < 1.29 is 38.1 Å². The third-order valence-electron chi connectivity index (χ3n) is 7.54. The minimum absolute atomic E-state index is 0.0289. The molecule has 2 aromatic rings. The number of aromatic nitrogens is 2. The van der Waals surface area contributed by atoms with Gasteiger partial charge in [-0.1, -0.05) is 24.3 Å². The summed E-state index contributed by atoms with van der Waals surface area (Å²) in [5.74, 6) is -1.18. The predicted octanol–water partition coefficient (Wildman–Crippen LogP) is 6.38. The quantitative estimate of drug-likeness (QED) is 0.215. The Bertz CT molecular complexity index is 1370. The van der Waals surface area contributed by atoms with E-state index in [-0.39, 0.29) is 45.1 Å². The highest BCUT2D eigenvalue weighted by Crippen LogP contribution is 2.63. The van der Waals surface area contributed by atoms with Gasteiger partial charge < -0.3 is 19.1 Å². The molecule has 3 rings (SSSR count). The first kappa shape index (κ1) is 36.3. The van der Waals surface area contributed by atoms with Crippen LogP contribution in [0.15, 0.2) is 36.5 Å². The third-order valence-corrected chi connectivity index (χ3v) is 10.9. The highest BCUT2D eigenvalue weighted by molar-refractivity contribution is 7.62. The first-order valence-corrected chi connectivity index (χ1v) is 17.2. The van der Waals surface area contributed by atoms with Gasteiger partial charge in [-0.2, -0.15) is 5.10 Å². The molecule has 0 aliphatic carbocycles. The Morgan fingerprint density at radius 1 is 1.02 bits per heavy atom. The van der Waals surface area contributed by atoms with Crippen LogP contribution in [0.25, 0.3) is 11.3 Å². The molecule has 2 unspecified atom stereocenters. The largest absolute Gasteiger partial charge is 0.480 e. The normalized spacial score (nSPS) is 20.9. The Morgan fingerprint density at radius 2 is 1.64 bits per heavy atom. The van der Waals surface area contributed by atoms with Gasteiger partial charge in [-0.05, 0) is 79.4 Å². The van der Waals surface area contributed by atoms with Crippen LogP contribution in [0.2, 0.25) is 0 Å². The lowest BCUT2D eigenvalue weighted by Crippen LogP contribution is -2.54. The molecule has 1 aromatic heterocycles. The van der Waals surface area contributed by atoms with E-state index in [4.69, 9.17) is 14.0 Å². The minimum atomic E-state index is -3.63. The number of aliphatic carboxylic acids is 1. The van der Waals surface area contributed by atoms with Gasteiger partial charge >= 0.3 is 18.2 Å². The molecule has 0 bridgehead atoms. The molecule has 13 heteroatoms. The Balaban J connectivity index is 1.82. The molecule has 2 amide bonds. The van der Waals surface area contributed by atoms with Gasteiger partial charge in [0.25, 0.3) is 0 Å². The number of carbonyl (C=O) groups is 3. The van der Waals surface area contributed by atoms with Crippen molar-refractivity contribution in [2.45, 2.75) is 90.6 Å². The van der Waals surface area contributed by atoms with Crippen molar-refractivity contribution in [2.75, 3.05) is 32.4 Å². The van der Waals surface area contributed by atoms with E-state index in [1.54, 1.807) is 59.3 Å². The number of carboxylic acid groups (broad SMARTS) is 1. The summed E-state index contributed by atoms with van der Waals surface area (Å²) in [6.45, 7) is 12.9. The van der Waals surface area contributed by atoms with Gasteiger partial charge in [0, 0.05) is 51.1 Å². The molecule has 1 aliphatic heterocycles. The molecular weight excluding hydrogens is 599 g/mol. The maximum Gasteiger partial charge on any atom is 0.419 e. The van der Waals surface area contributed by atoms with Gasteiger partial charge in [-0.3, -0.25) is 18.9 Å². The van der Waals surface area contributed by atoms with E-state index in [9.17, 15) is 24.1 Å². The topological polar surface area (TPSA) is 140 Å². The SMILES string of the molecule is CCOP1(=O)CCN(Cc2ccccc2-c2ccnn2C)CC1(CCCCN(C(=O)OC(C)(C)C)C(=O)OC(C)(C)C)C(=O)O. The second kappa shape index (κ2) is 14.5. The number of unbranched alkanes of at least 4 members (excludes halogenated alkanes) is 1. The van der Waals surface area contributed by atoms with E-state index in [0.717, 1.165) is 21.7 Å². The number of carbonyl (C=O) groups excluding carboxylic acids is 2.